The number of ether oxygens (including phenoxy) is 1. The molecule has 0 aliphatic heterocycles. The fraction of sp³-hybridized carbons (Fsp3) is 0.412. The molecule has 0 spiro atoms. The highest BCUT2D eigenvalue weighted by atomic mass is 32.1. The summed E-state index contributed by atoms with van der Waals surface area (Å²) in [5.41, 5.74) is 8.53. The molecule has 0 saturated carbocycles. The lowest BCUT2D eigenvalue weighted by Crippen LogP contribution is -2.38. The van der Waals surface area contributed by atoms with Crippen molar-refractivity contribution in [2.45, 2.75) is 25.4 Å². The number of hydrogen-bond donors (Lipinski definition) is 1. The zero-order valence-corrected chi connectivity index (χ0v) is 13.8. The highest BCUT2D eigenvalue weighted by Crippen LogP contribution is 2.26. The van der Waals surface area contributed by atoms with Crippen molar-refractivity contribution < 1.29 is 4.74 Å². The van der Waals surface area contributed by atoms with Gasteiger partial charge in [-0.15, -0.1) is 0 Å². The SMILES string of the molecule is COc1ccccc1CC(C)N(C)C(CN)c1ccsc1. The maximum Gasteiger partial charge on any atom is 0.122 e. The van der Waals surface area contributed by atoms with Crippen LogP contribution in [-0.2, 0) is 6.42 Å². The van der Waals surface area contributed by atoms with E-state index < -0.39 is 0 Å². The van der Waals surface area contributed by atoms with Gasteiger partial charge in [-0.1, -0.05) is 18.2 Å². The molecule has 0 fully saturated rings. The molecule has 2 aromatic rings. The zero-order chi connectivity index (χ0) is 15.2. The standard InChI is InChI=1S/C17H24N2OS/c1-13(10-14-6-4-5-7-17(14)20-3)19(2)16(11-18)15-8-9-21-12-15/h4-9,12-13,16H,10-11,18H2,1-3H3. The molecule has 2 unspecified atom stereocenters. The van der Waals surface area contributed by atoms with Gasteiger partial charge in [0.25, 0.3) is 0 Å². The first-order chi connectivity index (χ1) is 10.2. The highest BCUT2D eigenvalue weighted by molar-refractivity contribution is 7.07. The number of benzene rings is 1. The Bertz CT molecular complexity index is 541. The van der Waals surface area contributed by atoms with Gasteiger partial charge in [0.1, 0.15) is 5.75 Å². The van der Waals surface area contributed by atoms with Gasteiger partial charge in [-0.25, -0.2) is 0 Å². The van der Waals surface area contributed by atoms with Crippen LogP contribution in [0.15, 0.2) is 41.1 Å². The largest absolute Gasteiger partial charge is 0.496 e. The van der Waals surface area contributed by atoms with Crippen LogP contribution >= 0.6 is 11.3 Å². The Morgan fingerprint density at radius 1 is 1.29 bits per heavy atom. The molecule has 0 aliphatic rings. The number of methoxy groups -OCH3 is 1. The fourth-order valence-electron chi connectivity index (χ4n) is 2.64. The Hall–Kier alpha value is -1.36. The summed E-state index contributed by atoms with van der Waals surface area (Å²) < 4.78 is 5.44. The molecule has 21 heavy (non-hydrogen) atoms. The van der Waals surface area contributed by atoms with Crippen LogP contribution in [0.25, 0.3) is 0 Å². The van der Waals surface area contributed by atoms with Gasteiger partial charge < -0.3 is 10.5 Å². The minimum absolute atomic E-state index is 0.265. The van der Waals surface area contributed by atoms with E-state index in [9.17, 15) is 0 Å². The van der Waals surface area contributed by atoms with E-state index in [-0.39, 0.29) is 6.04 Å². The van der Waals surface area contributed by atoms with Crippen molar-refractivity contribution in [2.24, 2.45) is 5.73 Å². The Kier molecular flexibility index (Phi) is 5.79. The van der Waals surface area contributed by atoms with Gasteiger partial charge in [-0.3, -0.25) is 4.90 Å². The molecule has 1 heterocycles. The minimum atomic E-state index is 0.265. The normalized spacial score (nSPS) is 14.1. The molecule has 1 aromatic carbocycles. The third-order valence-electron chi connectivity index (χ3n) is 4.05. The molecule has 114 valence electrons. The smallest absolute Gasteiger partial charge is 0.122 e. The number of rotatable bonds is 7. The highest BCUT2D eigenvalue weighted by Gasteiger charge is 2.21. The monoisotopic (exact) mass is 304 g/mol. The maximum atomic E-state index is 5.99. The van der Waals surface area contributed by atoms with E-state index in [1.165, 1.54) is 11.1 Å². The first-order valence-electron chi connectivity index (χ1n) is 7.23. The summed E-state index contributed by atoms with van der Waals surface area (Å²) >= 11 is 1.72. The Morgan fingerprint density at radius 2 is 2.05 bits per heavy atom. The first-order valence-corrected chi connectivity index (χ1v) is 8.17. The molecular weight excluding hydrogens is 280 g/mol. The number of likely N-dealkylation sites (N-methyl/N-ethyl adjacent to an activating group) is 1. The second-order valence-corrected chi connectivity index (χ2v) is 6.12. The van der Waals surface area contributed by atoms with E-state index >= 15 is 0 Å². The van der Waals surface area contributed by atoms with Gasteiger partial charge in [0.05, 0.1) is 7.11 Å². The molecule has 0 amide bonds. The van der Waals surface area contributed by atoms with E-state index in [1.807, 2.05) is 12.1 Å². The lowest BCUT2D eigenvalue weighted by molar-refractivity contribution is 0.187. The molecular formula is C17H24N2OS. The molecule has 3 nitrogen and oxygen atoms in total. The molecule has 0 aliphatic carbocycles. The predicted molar refractivity (Wildman–Crippen MR) is 90.0 cm³/mol. The van der Waals surface area contributed by atoms with Crippen LogP contribution < -0.4 is 10.5 Å². The Labute approximate surface area is 131 Å². The van der Waals surface area contributed by atoms with E-state index in [0.717, 1.165) is 12.2 Å². The maximum absolute atomic E-state index is 5.99. The molecule has 2 rings (SSSR count). The van der Waals surface area contributed by atoms with Gasteiger partial charge in [0.2, 0.25) is 0 Å². The second kappa shape index (κ2) is 7.59. The summed E-state index contributed by atoms with van der Waals surface area (Å²) in [7, 11) is 3.87. The minimum Gasteiger partial charge on any atom is -0.496 e. The first kappa shape index (κ1) is 16.0. The molecule has 0 radical (unpaired) electrons. The summed E-state index contributed by atoms with van der Waals surface area (Å²) in [6.45, 7) is 2.87. The number of nitrogens with two attached hydrogens (primary N) is 1. The van der Waals surface area contributed by atoms with E-state index in [1.54, 1.807) is 18.4 Å². The second-order valence-electron chi connectivity index (χ2n) is 5.34. The topological polar surface area (TPSA) is 38.5 Å². The Balaban J connectivity index is 2.10. The summed E-state index contributed by atoms with van der Waals surface area (Å²) in [5.74, 6) is 0.956. The van der Waals surface area contributed by atoms with Crippen molar-refractivity contribution in [3.05, 3.63) is 52.2 Å². The van der Waals surface area contributed by atoms with Gasteiger partial charge >= 0.3 is 0 Å². The third kappa shape index (κ3) is 3.84. The lowest BCUT2D eigenvalue weighted by atomic mass is 10.0. The van der Waals surface area contributed by atoms with Crippen molar-refractivity contribution in [3.63, 3.8) is 0 Å². The average molecular weight is 304 g/mol. The summed E-state index contributed by atoms with van der Waals surface area (Å²) in [4.78, 5) is 2.36. The van der Waals surface area contributed by atoms with Gasteiger partial charge in [0.15, 0.2) is 0 Å². The van der Waals surface area contributed by atoms with Crippen LogP contribution in [0.4, 0.5) is 0 Å². The van der Waals surface area contributed by atoms with Gasteiger partial charge in [-0.05, 0) is 54.4 Å². The summed E-state index contributed by atoms with van der Waals surface area (Å²) in [6, 6.07) is 11.0. The molecule has 0 bridgehead atoms. The van der Waals surface area contributed by atoms with Crippen LogP contribution in [-0.4, -0.2) is 31.6 Å². The van der Waals surface area contributed by atoms with Crippen LogP contribution in [0.3, 0.4) is 0 Å². The number of hydrogen-bond acceptors (Lipinski definition) is 4. The van der Waals surface area contributed by atoms with Crippen LogP contribution in [0.1, 0.15) is 24.1 Å². The van der Waals surface area contributed by atoms with Gasteiger partial charge in [-0.2, -0.15) is 11.3 Å². The van der Waals surface area contributed by atoms with Crippen LogP contribution in [0.5, 0.6) is 5.75 Å². The fourth-order valence-corrected chi connectivity index (χ4v) is 3.35. The quantitative estimate of drug-likeness (QED) is 0.853. The van der Waals surface area contributed by atoms with Crippen LogP contribution in [0.2, 0.25) is 0 Å². The van der Waals surface area contributed by atoms with Crippen LogP contribution in [0, 0.1) is 0 Å². The number of nitrogens with zero attached hydrogens (tertiary/aromatic N) is 1. The molecule has 1 aromatic heterocycles. The average Bonchev–Trinajstić information content (AvgIpc) is 3.02. The van der Waals surface area contributed by atoms with Crippen molar-refractivity contribution in [1.82, 2.24) is 4.90 Å². The van der Waals surface area contributed by atoms with Gasteiger partial charge in [0, 0.05) is 18.6 Å². The Morgan fingerprint density at radius 3 is 2.67 bits per heavy atom. The predicted octanol–water partition coefficient (Wildman–Crippen LogP) is 3.32. The molecule has 2 atom stereocenters. The van der Waals surface area contributed by atoms with Crippen molar-refractivity contribution in [2.75, 3.05) is 20.7 Å². The molecule has 0 saturated heterocycles. The van der Waals surface area contributed by atoms with E-state index in [2.05, 4.69) is 47.8 Å². The molecule has 2 N–H and O–H groups in total. The van der Waals surface area contributed by atoms with Crippen molar-refractivity contribution in [1.29, 1.82) is 0 Å². The molecule has 4 heteroatoms. The van der Waals surface area contributed by atoms with E-state index in [0.29, 0.717) is 12.6 Å². The number of para-hydroxylation sites is 1. The number of thiophene rings is 1. The summed E-state index contributed by atoms with van der Waals surface area (Å²) in [5, 5.41) is 4.29. The van der Waals surface area contributed by atoms with Crippen molar-refractivity contribution >= 4 is 11.3 Å². The third-order valence-corrected chi connectivity index (χ3v) is 4.75. The lowest BCUT2D eigenvalue weighted by Gasteiger charge is -2.32. The zero-order valence-electron chi connectivity index (χ0n) is 13.0. The van der Waals surface area contributed by atoms with E-state index in [4.69, 9.17) is 10.5 Å². The van der Waals surface area contributed by atoms with Crippen molar-refractivity contribution in [3.8, 4) is 5.75 Å². The summed E-state index contributed by atoms with van der Waals surface area (Å²) in [6.07, 6.45) is 0.946.